The number of aromatic nitrogens is 2. The molecule has 84 valence electrons. The molecule has 0 amide bonds. The first kappa shape index (κ1) is 9.47. The number of fused-ring (bicyclic) bond motifs is 1. The molecule has 16 heavy (non-hydrogen) atoms. The van der Waals surface area contributed by atoms with Crippen LogP contribution in [0.15, 0.2) is 23.0 Å². The fourth-order valence-electron chi connectivity index (χ4n) is 2.24. The number of rotatable bonds is 1. The van der Waals surface area contributed by atoms with Crippen molar-refractivity contribution in [2.45, 2.75) is 12.5 Å². The van der Waals surface area contributed by atoms with Gasteiger partial charge in [0.15, 0.2) is 0 Å². The monoisotopic (exact) mass is 220 g/mol. The summed E-state index contributed by atoms with van der Waals surface area (Å²) in [5, 5.41) is 9.81. The summed E-state index contributed by atoms with van der Waals surface area (Å²) in [5.74, 6) is 0.128. The quantitative estimate of drug-likeness (QED) is 0.753. The second-order valence-electron chi connectivity index (χ2n) is 3.99. The summed E-state index contributed by atoms with van der Waals surface area (Å²) < 4.78 is 6.86. The smallest absolute Gasteiger partial charge is 0.326 e. The van der Waals surface area contributed by atoms with Crippen molar-refractivity contribution in [3.05, 3.63) is 28.7 Å². The van der Waals surface area contributed by atoms with Gasteiger partial charge in [-0.25, -0.2) is 4.79 Å². The third kappa shape index (κ3) is 1.25. The number of phenols is 1. The standard InChI is InChI=1S/C11H12N2O3/c14-9-3-1-2-8-10(9)13(11(15)12-8)7-4-5-16-6-7/h1-3,7,14H,4-6H2,(H,12,15). The maximum absolute atomic E-state index is 11.8. The first-order chi connectivity index (χ1) is 7.77. The van der Waals surface area contributed by atoms with Gasteiger partial charge in [-0.05, 0) is 18.6 Å². The maximum Gasteiger partial charge on any atom is 0.326 e. The maximum atomic E-state index is 11.8. The topological polar surface area (TPSA) is 67.2 Å². The van der Waals surface area contributed by atoms with Gasteiger partial charge in [0.1, 0.15) is 11.3 Å². The summed E-state index contributed by atoms with van der Waals surface area (Å²) in [4.78, 5) is 14.6. The van der Waals surface area contributed by atoms with E-state index in [1.165, 1.54) is 0 Å². The van der Waals surface area contributed by atoms with Crippen LogP contribution < -0.4 is 5.69 Å². The van der Waals surface area contributed by atoms with Gasteiger partial charge in [0, 0.05) is 6.61 Å². The Labute approximate surface area is 91.3 Å². The molecule has 1 fully saturated rings. The third-order valence-corrected chi connectivity index (χ3v) is 2.99. The Balaban J connectivity index is 2.29. The van der Waals surface area contributed by atoms with Crippen LogP contribution in [0.5, 0.6) is 5.75 Å². The van der Waals surface area contributed by atoms with Gasteiger partial charge in [-0.3, -0.25) is 4.57 Å². The van der Waals surface area contributed by atoms with Crippen molar-refractivity contribution in [2.75, 3.05) is 13.2 Å². The molecule has 0 radical (unpaired) electrons. The van der Waals surface area contributed by atoms with E-state index < -0.39 is 0 Å². The lowest BCUT2D eigenvalue weighted by molar-refractivity contribution is 0.186. The Morgan fingerprint density at radius 2 is 2.38 bits per heavy atom. The van der Waals surface area contributed by atoms with Crippen LogP contribution in [0.1, 0.15) is 12.5 Å². The van der Waals surface area contributed by atoms with Crippen molar-refractivity contribution < 1.29 is 9.84 Å². The Morgan fingerprint density at radius 1 is 1.50 bits per heavy atom. The average Bonchev–Trinajstić information content (AvgIpc) is 2.84. The van der Waals surface area contributed by atoms with Crippen LogP contribution in [0.25, 0.3) is 11.0 Å². The van der Waals surface area contributed by atoms with Gasteiger partial charge >= 0.3 is 5.69 Å². The van der Waals surface area contributed by atoms with Gasteiger partial charge in [0.25, 0.3) is 0 Å². The highest BCUT2D eigenvalue weighted by Gasteiger charge is 2.22. The van der Waals surface area contributed by atoms with E-state index in [4.69, 9.17) is 4.74 Å². The molecule has 1 saturated heterocycles. The summed E-state index contributed by atoms with van der Waals surface area (Å²) >= 11 is 0. The summed E-state index contributed by atoms with van der Waals surface area (Å²) in [5.41, 5.74) is 1.05. The zero-order valence-electron chi connectivity index (χ0n) is 8.64. The van der Waals surface area contributed by atoms with E-state index in [-0.39, 0.29) is 17.5 Å². The number of hydrogen-bond acceptors (Lipinski definition) is 3. The van der Waals surface area contributed by atoms with E-state index in [1.807, 2.05) is 0 Å². The zero-order chi connectivity index (χ0) is 11.1. The first-order valence-electron chi connectivity index (χ1n) is 5.27. The fourth-order valence-corrected chi connectivity index (χ4v) is 2.24. The van der Waals surface area contributed by atoms with Crippen LogP contribution in [-0.2, 0) is 4.74 Å². The van der Waals surface area contributed by atoms with Crippen molar-refractivity contribution >= 4 is 11.0 Å². The lowest BCUT2D eigenvalue weighted by Crippen LogP contribution is -2.22. The molecule has 2 aromatic rings. The molecule has 1 aliphatic rings. The number of para-hydroxylation sites is 1. The summed E-state index contributed by atoms with van der Waals surface area (Å²) in [6, 6.07) is 5.10. The van der Waals surface area contributed by atoms with E-state index >= 15 is 0 Å². The van der Waals surface area contributed by atoms with Crippen LogP contribution >= 0.6 is 0 Å². The number of imidazole rings is 1. The number of aromatic amines is 1. The van der Waals surface area contributed by atoms with E-state index in [9.17, 15) is 9.90 Å². The van der Waals surface area contributed by atoms with Gasteiger partial charge in [-0.1, -0.05) is 6.07 Å². The van der Waals surface area contributed by atoms with Crippen molar-refractivity contribution in [3.63, 3.8) is 0 Å². The molecule has 1 aromatic heterocycles. The predicted octanol–water partition coefficient (Wildman–Crippen LogP) is 0.997. The highest BCUT2D eigenvalue weighted by atomic mass is 16.5. The second kappa shape index (κ2) is 3.38. The number of nitrogens with zero attached hydrogens (tertiary/aromatic N) is 1. The molecule has 2 N–H and O–H groups in total. The van der Waals surface area contributed by atoms with Gasteiger partial charge in [-0.2, -0.15) is 0 Å². The summed E-state index contributed by atoms with van der Waals surface area (Å²) in [6.07, 6.45) is 0.807. The van der Waals surface area contributed by atoms with Gasteiger partial charge in [-0.15, -0.1) is 0 Å². The number of benzene rings is 1. The Kier molecular flexibility index (Phi) is 2.00. The molecular weight excluding hydrogens is 208 g/mol. The molecule has 0 spiro atoms. The highest BCUT2D eigenvalue weighted by Crippen LogP contribution is 2.27. The SMILES string of the molecule is O=c1[nH]c2cccc(O)c2n1C1CCOC1. The van der Waals surface area contributed by atoms with E-state index in [2.05, 4.69) is 4.98 Å². The van der Waals surface area contributed by atoms with E-state index in [1.54, 1.807) is 22.8 Å². The zero-order valence-corrected chi connectivity index (χ0v) is 8.64. The normalized spacial score (nSPS) is 20.6. The van der Waals surface area contributed by atoms with E-state index in [0.29, 0.717) is 24.2 Å². The third-order valence-electron chi connectivity index (χ3n) is 2.99. The molecule has 0 saturated carbocycles. The highest BCUT2D eigenvalue weighted by molar-refractivity contribution is 5.81. The van der Waals surface area contributed by atoms with Crippen LogP contribution in [0.3, 0.4) is 0 Å². The summed E-state index contributed by atoms with van der Waals surface area (Å²) in [7, 11) is 0. The molecule has 1 atom stereocenters. The molecule has 3 rings (SSSR count). The lowest BCUT2D eigenvalue weighted by atomic mass is 10.2. The molecule has 5 heteroatoms. The van der Waals surface area contributed by atoms with Crippen LogP contribution in [0, 0.1) is 0 Å². The van der Waals surface area contributed by atoms with E-state index in [0.717, 1.165) is 6.42 Å². The molecule has 1 aromatic carbocycles. The number of hydrogen-bond donors (Lipinski definition) is 2. The molecule has 1 aliphatic heterocycles. The number of aromatic hydroxyl groups is 1. The molecule has 5 nitrogen and oxygen atoms in total. The van der Waals surface area contributed by atoms with Crippen molar-refractivity contribution in [2.24, 2.45) is 0 Å². The molecule has 2 heterocycles. The first-order valence-corrected chi connectivity index (χ1v) is 5.27. The van der Waals surface area contributed by atoms with Crippen LogP contribution in [0.2, 0.25) is 0 Å². The Bertz CT molecular complexity index is 578. The van der Waals surface area contributed by atoms with Gasteiger partial charge in [0.05, 0.1) is 18.2 Å². The minimum atomic E-state index is -0.188. The number of nitrogens with one attached hydrogen (secondary N) is 1. The predicted molar refractivity (Wildman–Crippen MR) is 58.7 cm³/mol. The van der Waals surface area contributed by atoms with Crippen molar-refractivity contribution in [1.29, 1.82) is 0 Å². The lowest BCUT2D eigenvalue weighted by Gasteiger charge is -2.10. The number of ether oxygens (including phenoxy) is 1. The number of H-pyrrole nitrogens is 1. The molecule has 0 bridgehead atoms. The minimum Gasteiger partial charge on any atom is -0.506 e. The molecule has 1 unspecified atom stereocenters. The Morgan fingerprint density at radius 3 is 3.12 bits per heavy atom. The number of phenolic OH excluding ortho intramolecular Hbond substituents is 1. The van der Waals surface area contributed by atoms with Crippen molar-refractivity contribution in [1.82, 2.24) is 9.55 Å². The molecular formula is C11H12N2O3. The second-order valence-corrected chi connectivity index (χ2v) is 3.99. The minimum absolute atomic E-state index is 0.0227. The van der Waals surface area contributed by atoms with Gasteiger partial charge in [0.2, 0.25) is 0 Å². The van der Waals surface area contributed by atoms with Crippen LogP contribution in [0.4, 0.5) is 0 Å². The Hall–Kier alpha value is -1.75. The molecule has 0 aliphatic carbocycles. The summed E-state index contributed by atoms with van der Waals surface area (Å²) in [6.45, 7) is 1.19. The van der Waals surface area contributed by atoms with Crippen molar-refractivity contribution in [3.8, 4) is 5.75 Å². The van der Waals surface area contributed by atoms with Gasteiger partial charge < -0.3 is 14.8 Å². The average molecular weight is 220 g/mol. The fraction of sp³-hybridized carbons (Fsp3) is 0.364. The van der Waals surface area contributed by atoms with Crippen LogP contribution in [-0.4, -0.2) is 27.9 Å². The largest absolute Gasteiger partial charge is 0.506 e.